The summed E-state index contributed by atoms with van der Waals surface area (Å²) in [5.74, 6) is -0.932. The molecule has 0 fully saturated rings. The number of benzene rings is 2. The van der Waals surface area contributed by atoms with Crippen molar-refractivity contribution in [1.29, 1.82) is 0 Å². The standard InChI is InChI=1S/C14H10O2.C12H27N/c15-13(11-7-3-1-4-8-11)14(16)12-9-5-2-6-10-12;1-4-7-8-9-10-11-12-13(5-2)6-3/h1-10H;4-12H2,1-3H3. The van der Waals surface area contributed by atoms with Crippen LogP contribution in [0.4, 0.5) is 0 Å². The minimum atomic E-state index is -0.466. The van der Waals surface area contributed by atoms with Crippen LogP contribution in [-0.4, -0.2) is 36.1 Å². The molecule has 0 N–H and O–H groups in total. The van der Waals surface area contributed by atoms with Gasteiger partial charge in [-0.05, 0) is 26.1 Å². The Labute approximate surface area is 177 Å². The predicted octanol–water partition coefficient (Wildman–Crippen LogP) is 6.44. The monoisotopic (exact) mass is 395 g/mol. The van der Waals surface area contributed by atoms with Crippen molar-refractivity contribution < 1.29 is 9.59 Å². The second-order valence-corrected chi connectivity index (χ2v) is 7.18. The van der Waals surface area contributed by atoms with Crippen LogP contribution in [0.3, 0.4) is 0 Å². The van der Waals surface area contributed by atoms with Gasteiger partial charge in [0.1, 0.15) is 0 Å². The van der Waals surface area contributed by atoms with Gasteiger partial charge < -0.3 is 4.90 Å². The van der Waals surface area contributed by atoms with Crippen LogP contribution < -0.4 is 0 Å². The highest BCUT2D eigenvalue weighted by molar-refractivity contribution is 6.49. The molecule has 0 unspecified atom stereocenters. The molecule has 0 saturated carbocycles. The molecule has 3 heteroatoms. The average Bonchev–Trinajstić information content (AvgIpc) is 2.79. The number of Topliss-reactive ketones (excluding diaryl/α,β-unsaturated/α-hetero) is 2. The lowest BCUT2D eigenvalue weighted by atomic mass is 10.0. The zero-order valence-corrected chi connectivity index (χ0v) is 18.4. The second-order valence-electron chi connectivity index (χ2n) is 7.18. The lowest BCUT2D eigenvalue weighted by Gasteiger charge is -2.17. The number of ketones is 2. The predicted molar refractivity (Wildman–Crippen MR) is 123 cm³/mol. The Kier molecular flexibility index (Phi) is 13.4. The quantitative estimate of drug-likeness (QED) is 0.236. The Morgan fingerprint density at radius 2 is 1.03 bits per heavy atom. The SMILES string of the molecule is CCCCCCCCN(CC)CC.O=C(C(=O)c1ccccc1)c1ccccc1. The van der Waals surface area contributed by atoms with Crippen molar-refractivity contribution in [3.63, 3.8) is 0 Å². The minimum absolute atomic E-state index is 0.427. The zero-order valence-electron chi connectivity index (χ0n) is 18.4. The van der Waals surface area contributed by atoms with Gasteiger partial charge in [0.2, 0.25) is 11.6 Å². The maximum Gasteiger partial charge on any atom is 0.233 e. The van der Waals surface area contributed by atoms with Crippen LogP contribution in [0.1, 0.15) is 80.0 Å². The largest absolute Gasteiger partial charge is 0.304 e. The van der Waals surface area contributed by atoms with Gasteiger partial charge in [-0.1, -0.05) is 114 Å². The van der Waals surface area contributed by atoms with Crippen molar-refractivity contribution >= 4 is 11.6 Å². The molecule has 0 aromatic heterocycles. The molecule has 29 heavy (non-hydrogen) atoms. The van der Waals surface area contributed by atoms with Gasteiger partial charge in [-0.2, -0.15) is 0 Å². The van der Waals surface area contributed by atoms with Crippen molar-refractivity contribution in [3.8, 4) is 0 Å². The molecule has 0 atom stereocenters. The summed E-state index contributed by atoms with van der Waals surface area (Å²) in [6, 6.07) is 17.2. The Balaban J connectivity index is 0.000000298. The summed E-state index contributed by atoms with van der Waals surface area (Å²) in [6.07, 6.45) is 8.48. The Hall–Kier alpha value is -2.26. The molecule has 2 aromatic carbocycles. The molecule has 0 heterocycles. The first-order chi connectivity index (χ1) is 14.1. The Bertz CT molecular complexity index is 629. The third-order valence-corrected chi connectivity index (χ3v) is 5.00. The van der Waals surface area contributed by atoms with E-state index in [0.717, 1.165) is 0 Å². The highest BCUT2D eigenvalue weighted by Crippen LogP contribution is 2.07. The van der Waals surface area contributed by atoms with E-state index in [2.05, 4.69) is 25.7 Å². The van der Waals surface area contributed by atoms with Crippen molar-refractivity contribution in [2.75, 3.05) is 19.6 Å². The van der Waals surface area contributed by atoms with Crippen LogP contribution >= 0.6 is 0 Å². The molecular weight excluding hydrogens is 358 g/mol. The first-order valence-electron chi connectivity index (χ1n) is 11.0. The molecule has 2 rings (SSSR count). The summed E-state index contributed by atoms with van der Waals surface area (Å²) in [7, 11) is 0. The van der Waals surface area contributed by atoms with Crippen LogP contribution in [0, 0.1) is 0 Å². The fraction of sp³-hybridized carbons (Fsp3) is 0.462. The number of unbranched alkanes of at least 4 members (excludes halogenated alkanes) is 5. The Morgan fingerprint density at radius 3 is 1.45 bits per heavy atom. The first kappa shape index (κ1) is 24.8. The van der Waals surface area contributed by atoms with Gasteiger partial charge in [0.05, 0.1) is 0 Å². The molecule has 0 aliphatic heterocycles. The van der Waals surface area contributed by atoms with Gasteiger partial charge >= 0.3 is 0 Å². The lowest BCUT2D eigenvalue weighted by Crippen LogP contribution is -2.23. The highest BCUT2D eigenvalue weighted by atomic mass is 16.2. The van der Waals surface area contributed by atoms with Gasteiger partial charge in [-0.25, -0.2) is 0 Å². The number of hydrogen-bond donors (Lipinski definition) is 0. The molecule has 2 aromatic rings. The molecule has 0 spiro atoms. The van der Waals surface area contributed by atoms with Crippen molar-refractivity contribution in [3.05, 3.63) is 71.8 Å². The average molecular weight is 396 g/mol. The summed E-state index contributed by atoms with van der Waals surface area (Å²) >= 11 is 0. The normalized spacial score (nSPS) is 10.3. The number of carbonyl (C=O) groups excluding carboxylic acids is 2. The van der Waals surface area contributed by atoms with E-state index in [0.29, 0.717) is 11.1 Å². The van der Waals surface area contributed by atoms with Crippen LogP contribution in [0.5, 0.6) is 0 Å². The number of nitrogens with zero attached hydrogens (tertiary/aromatic N) is 1. The minimum Gasteiger partial charge on any atom is -0.304 e. The Morgan fingerprint density at radius 1 is 0.621 bits per heavy atom. The first-order valence-corrected chi connectivity index (χ1v) is 11.0. The molecule has 0 aliphatic rings. The molecule has 0 bridgehead atoms. The molecular formula is C26H37NO2. The van der Waals surface area contributed by atoms with E-state index in [-0.39, 0.29) is 0 Å². The van der Waals surface area contributed by atoms with E-state index in [4.69, 9.17) is 0 Å². The molecule has 0 amide bonds. The van der Waals surface area contributed by atoms with Crippen molar-refractivity contribution in [2.24, 2.45) is 0 Å². The van der Waals surface area contributed by atoms with Crippen LogP contribution in [-0.2, 0) is 0 Å². The summed E-state index contributed by atoms with van der Waals surface area (Å²) in [6.45, 7) is 10.5. The van der Waals surface area contributed by atoms with Gasteiger partial charge in [-0.15, -0.1) is 0 Å². The van der Waals surface area contributed by atoms with E-state index >= 15 is 0 Å². The molecule has 0 saturated heterocycles. The maximum absolute atomic E-state index is 11.8. The van der Waals surface area contributed by atoms with Crippen molar-refractivity contribution in [1.82, 2.24) is 4.90 Å². The second kappa shape index (κ2) is 15.6. The zero-order chi connectivity index (χ0) is 21.3. The summed E-state index contributed by atoms with van der Waals surface area (Å²) in [5, 5.41) is 0. The fourth-order valence-electron chi connectivity index (χ4n) is 3.10. The van der Waals surface area contributed by atoms with Gasteiger partial charge in [0.25, 0.3) is 0 Å². The van der Waals surface area contributed by atoms with E-state index in [1.807, 2.05) is 12.1 Å². The van der Waals surface area contributed by atoms with Crippen LogP contribution in [0.25, 0.3) is 0 Å². The molecule has 158 valence electrons. The number of hydrogen-bond acceptors (Lipinski definition) is 3. The fourth-order valence-corrected chi connectivity index (χ4v) is 3.10. The van der Waals surface area contributed by atoms with Crippen LogP contribution in [0.15, 0.2) is 60.7 Å². The number of rotatable bonds is 12. The number of carbonyl (C=O) groups is 2. The van der Waals surface area contributed by atoms with Gasteiger partial charge in [0, 0.05) is 11.1 Å². The van der Waals surface area contributed by atoms with Gasteiger partial charge in [0.15, 0.2) is 0 Å². The molecule has 3 nitrogen and oxygen atoms in total. The summed E-state index contributed by atoms with van der Waals surface area (Å²) in [4.78, 5) is 26.1. The van der Waals surface area contributed by atoms with E-state index in [1.54, 1.807) is 48.5 Å². The molecule has 0 aliphatic carbocycles. The third kappa shape index (κ3) is 10.2. The highest BCUT2D eigenvalue weighted by Gasteiger charge is 2.17. The van der Waals surface area contributed by atoms with Crippen LogP contribution in [0.2, 0.25) is 0 Å². The third-order valence-electron chi connectivity index (χ3n) is 5.00. The topological polar surface area (TPSA) is 37.4 Å². The maximum atomic E-state index is 11.8. The summed E-state index contributed by atoms with van der Waals surface area (Å²) in [5.41, 5.74) is 0.854. The summed E-state index contributed by atoms with van der Waals surface area (Å²) < 4.78 is 0. The van der Waals surface area contributed by atoms with Gasteiger partial charge in [-0.3, -0.25) is 9.59 Å². The van der Waals surface area contributed by atoms with E-state index < -0.39 is 11.6 Å². The molecule has 0 radical (unpaired) electrons. The smallest absolute Gasteiger partial charge is 0.233 e. The van der Waals surface area contributed by atoms with E-state index in [1.165, 1.54) is 58.2 Å². The lowest BCUT2D eigenvalue weighted by molar-refractivity contribution is 0.0817. The van der Waals surface area contributed by atoms with Crippen molar-refractivity contribution in [2.45, 2.75) is 59.3 Å². The van der Waals surface area contributed by atoms with E-state index in [9.17, 15) is 9.59 Å².